The molecule has 1 N–H and O–H groups in total. The summed E-state index contributed by atoms with van der Waals surface area (Å²) in [6.07, 6.45) is 0. The van der Waals surface area contributed by atoms with E-state index in [9.17, 15) is 5.21 Å². The van der Waals surface area contributed by atoms with Gasteiger partial charge >= 0.3 is 0 Å². The van der Waals surface area contributed by atoms with Crippen molar-refractivity contribution in [1.82, 2.24) is 0 Å². The molecule has 0 heterocycles. The monoisotopic (exact) mass is 290 g/mol. The first-order chi connectivity index (χ1) is 9.71. The lowest BCUT2D eigenvalue weighted by molar-refractivity contribution is -0.570. The van der Waals surface area contributed by atoms with Crippen LogP contribution in [0, 0.1) is 5.21 Å². The number of hydroxylamine groups is 1. The van der Waals surface area contributed by atoms with Crippen LogP contribution in [0.4, 0.5) is 0 Å². The highest BCUT2D eigenvalue weighted by Crippen LogP contribution is 2.29. The molecule has 0 atom stereocenters. The van der Waals surface area contributed by atoms with Crippen LogP contribution in [-0.4, -0.2) is 17.2 Å². The van der Waals surface area contributed by atoms with Crippen LogP contribution >= 0.6 is 11.8 Å². The van der Waals surface area contributed by atoms with Gasteiger partial charge in [0.05, 0.1) is 7.11 Å². The molecule has 0 aliphatic rings. The molecule has 2 aromatic carbocycles. The van der Waals surface area contributed by atoms with Crippen molar-refractivity contribution in [3.05, 3.63) is 59.3 Å². The van der Waals surface area contributed by atoms with Crippen molar-refractivity contribution < 1.29 is 14.8 Å². The van der Waals surface area contributed by atoms with Gasteiger partial charge in [-0.1, -0.05) is 28.8 Å². The standard InChI is InChI=1S/C14H14N2O3S/c1-19-12-4-8-14(9-5-12)20-13-6-2-11(3-7-13)10-16(18)15-17/h2-9,17H,10H2,1H3/b16-15+. The fourth-order valence-electron chi connectivity index (χ4n) is 1.63. The molecule has 5 nitrogen and oxygen atoms in total. The molecular weight excluding hydrogens is 276 g/mol. The third-order valence-electron chi connectivity index (χ3n) is 2.64. The first kappa shape index (κ1) is 14.2. The fourth-order valence-corrected chi connectivity index (χ4v) is 2.45. The minimum Gasteiger partial charge on any atom is -0.597 e. The maximum absolute atomic E-state index is 10.9. The Morgan fingerprint density at radius 2 is 1.65 bits per heavy atom. The summed E-state index contributed by atoms with van der Waals surface area (Å²) in [5.41, 5.74) is 0.789. The number of hydrogen-bond donors (Lipinski definition) is 1. The summed E-state index contributed by atoms with van der Waals surface area (Å²) in [4.78, 5) is 2.40. The van der Waals surface area contributed by atoms with Gasteiger partial charge in [-0.05, 0) is 36.4 Å². The molecule has 104 valence electrons. The van der Waals surface area contributed by atoms with E-state index in [0.29, 0.717) is 0 Å². The molecule has 0 saturated carbocycles. The van der Waals surface area contributed by atoms with Crippen LogP contribution in [0.15, 0.2) is 63.6 Å². The number of nitrogens with zero attached hydrogens (tertiary/aromatic N) is 2. The zero-order chi connectivity index (χ0) is 14.4. The van der Waals surface area contributed by atoms with Crippen LogP contribution in [0.1, 0.15) is 5.56 Å². The predicted molar refractivity (Wildman–Crippen MR) is 75.1 cm³/mol. The van der Waals surface area contributed by atoms with E-state index in [2.05, 4.69) is 5.28 Å². The third-order valence-corrected chi connectivity index (χ3v) is 3.65. The van der Waals surface area contributed by atoms with Crippen LogP contribution in [0.5, 0.6) is 5.75 Å². The maximum Gasteiger partial charge on any atom is 0.209 e. The molecule has 0 radical (unpaired) electrons. The van der Waals surface area contributed by atoms with E-state index in [1.807, 2.05) is 48.5 Å². The summed E-state index contributed by atoms with van der Waals surface area (Å²) in [6, 6.07) is 15.3. The molecular formula is C14H14N2O3S. The van der Waals surface area contributed by atoms with E-state index in [-0.39, 0.29) is 11.4 Å². The molecule has 0 unspecified atom stereocenters. The van der Waals surface area contributed by atoms with E-state index in [1.54, 1.807) is 18.9 Å². The maximum atomic E-state index is 10.9. The Hall–Kier alpha value is -2.21. The van der Waals surface area contributed by atoms with Crippen molar-refractivity contribution in [3.8, 4) is 5.75 Å². The van der Waals surface area contributed by atoms with E-state index < -0.39 is 0 Å². The Morgan fingerprint density at radius 3 is 2.15 bits per heavy atom. The van der Waals surface area contributed by atoms with Crippen LogP contribution < -0.4 is 4.74 Å². The number of rotatable bonds is 5. The Morgan fingerprint density at radius 1 is 1.10 bits per heavy atom. The molecule has 0 fully saturated rings. The molecule has 0 spiro atoms. The summed E-state index contributed by atoms with van der Waals surface area (Å²) < 4.78 is 5.11. The minimum absolute atomic E-state index is 0.0317. The van der Waals surface area contributed by atoms with E-state index >= 15 is 0 Å². The zero-order valence-electron chi connectivity index (χ0n) is 10.9. The van der Waals surface area contributed by atoms with Crippen molar-refractivity contribution in [2.75, 3.05) is 7.11 Å². The zero-order valence-corrected chi connectivity index (χ0v) is 11.7. The van der Waals surface area contributed by atoms with Gasteiger partial charge in [0, 0.05) is 15.4 Å². The average molecular weight is 290 g/mol. The lowest BCUT2D eigenvalue weighted by atomic mass is 10.2. The first-order valence-corrected chi connectivity index (χ1v) is 6.73. The minimum atomic E-state index is 0.0317. The second kappa shape index (κ2) is 6.81. The van der Waals surface area contributed by atoms with Gasteiger partial charge in [-0.2, -0.15) is 0 Å². The predicted octanol–water partition coefficient (Wildman–Crippen LogP) is 3.70. The van der Waals surface area contributed by atoms with E-state index in [1.165, 1.54) is 0 Å². The Balaban J connectivity index is 2.02. The van der Waals surface area contributed by atoms with Crippen molar-refractivity contribution in [2.45, 2.75) is 16.3 Å². The molecule has 2 rings (SSSR count). The largest absolute Gasteiger partial charge is 0.597 e. The number of hydrogen-bond acceptors (Lipinski definition) is 4. The average Bonchev–Trinajstić information content (AvgIpc) is 2.50. The van der Waals surface area contributed by atoms with Crippen LogP contribution in [0.25, 0.3) is 0 Å². The summed E-state index contributed by atoms with van der Waals surface area (Å²) in [6.45, 7) is 0.0317. The van der Waals surface area contributed by atoms with Gasteiger partial charge in [-0.25, -0.2) is 0 Å². The molecule has 2 aromatic rings. The molecule has 20 heavy (non-hydrogen) atoms. The molecule has 0 aromatic heterocycles. The molecule has 0 aliphatic heterocycles. The lowest BCUT2D eigenvalue weighted by Gasteiger charge is -2.04. The van der Waals surface area contributed by atoms with E-state index in [0.717, 1.165) is 21.1 Å². The summed E-state index contributed by atoms with van der Waals surface area (Å²) >= 11 is 1.62. The normalized spacial score (nSPS) is 11.3. The van der Waals surface area contributed by atoms with Crippen LogP contribution in [0.3, 0.4) is 0 Å². The highest BCUT2D eigenvalue weighted by Gasteiger charge is 2.02. The number of ether oxygens (including phenoxy) is 1. The first-order valence-electron chi connectivity index (χ1n) is 5.92. The highest BCUT2D eigenvalue weighted by atomic mass is 32.2. The van der Waals surface area contributed by atoms with E-state index in [4.69, 9.17) is 9.94 Å². The van der Waals surface area contributed by atoms with Crippen LogP contribution in [-0.2, 0) is 6.54 Å². The van der Waals surface area contributed by atoms with Crippen LogP contribution in [0.2, 0.25) is 0 Å². The van der Waals surface area contributed by atoms with Gasteiger partial charge in [0.2, 0.25) is 6.54 Å². The Kier molecular flexibility index (Phi) is 4.84. The number of benzene rings is 2. The summed E-state index contributed by atoms with van der Waals surface area (Å²) in [5.74, 6) is 0.827. The Bertz CT molecular complexity index is 582. The number of methoxy groups -OCH3 is 1. The van der Waals surface area contributed by atoms with Gasteiger partial charge in [-0.15, -0.1) is 0 Å². The molecule has 0 bridgehead atoms. The summed E-state index contributed by atoms with van der Waals surface area (Å²) in [5, 5.41) is 21.8. The molecule has 0 aliphatic carbocycles. The topological polar surface area (TPSA) is 67.9 Å². The van der Waals surface area contributed by atoms with Gasteiger partial charge in [0.25, 0.3) is 0 Å². The van der Waals surface area contributed by atoms with Gasteiger partial charge in [0.1, 0.15) is 5.75 Å². The highest BCUT2D eigenvalue weighted by molar-refractivity contribution is 7.99. The van der Waals surface area contributed by atoms with Crippen molar-refractivity contribution in [1.29, 1.82) is 0 Å². The Labute approximate surface area is 121 Å². The van der Waals surface area contributed by atoms with Gasteiger partial charge in [-0.3, -0.25) is 0 Å². The molecule has 6 heteroatoms. The van der Waals surface area contributed by atoms with Gasteiger partial charge < -0.3 is 15.2 Å². The van der Waals surface area contributed by atoms with Crippen molar-refractivity contribution in [2.24, 2.45) is 5.28 Å². The molecule has 0 amide bonds. The second-order valence-electron chi connectivity index (χ2n) is 4.02. The second-order valence-corrected chi connectivity index (χ2v) is 5.17. The molecule has 0 saturated heterocycles. The van der Waals surface area contributed by atoms with Crippen molar-refractivity contribution in [3.63, 3.8) is 0 Å². The smallest absolute Gasteiger partial charge is 0.209 e. The van der Waals surface area contributed by atoms with Crippen molar-refractivity contribution >= 4 is 11.8 Å². The van der Waals surface area contributed by atoms with Gasteiger partial charge in [0.15, 0.2) is 5.28 Å². The SMILES string of the molecule is COc1ccc(Sc2ccc(C/[N+]([O-])=N\O)cc2)cc1. The quantitative estimate of drug-likeness (QED) is 0.518. The summed E-state index contributed by atoms with van der Waals surface area (Å²) in [7, 11) is 1.64. The third kappa shape index (κ3) is 3.89. The fraction of sp³-hybridized carbons (Fsp3) is 0.143. The lowest BCUT2D eigenvalue weighted by Crippen LogP contribution is -1.99.